The molecule has 0 aliphatic rings. The largest absolute Gasteiger partial charge is 0.309 e. The van der Waals surface area contributed by atoms with E-state index in [2.05, 4.69) is 16.7 Å². The minimum absolute atomic E-state index is 0.435. The van der Waals surface area contributed by atoms with Crippen LogP contribution in [0.2, 0.25) is 0 Å². The summed E-state index contributed by atoms with van der Waals surface area (Å²) in [6.45, 7) is 8.12. The van der Waals surface area contributed by atoms with Crippen molar-refractivity contribution in [1.82, 2.24) is 19.5 Å². The first-order valence-corrected chi connectivity index (χ1v) is 24.5. The maximum Gasteiger partial charge on any atom is 0.238 e. The van der Waals surface area contributed by atoms with Gasteiger partial charge in [0.2, 0.25) is 5.95 Å². The van der Waals surface area contributed by atoms with Crippen molar-refractivity contribution < 1.29 is 9.13 Å². The Morgan fingerprint density at radius 1 is 0.365 bits per heavy atom. The van der Waals surface area contributed by atoms with Gasteiger partial charge >= 0.3 is 0 Å². The van der Waals surface area contributed by atoms with E-state index in [0.717, 1.165) is 76.4 Å². The monoisotopic (exact) mass is 854 g/mol. The Balaban J connectivity index is 1.32. The molecule has 2 aromatic heterocycles. The molecule has 0 saturated carbocycles. The lowest BCUT2D eigenvalue weighted by atomic mass is 10.1. The van der Waals surface area contributed by atoms with E-state index in [1.165, 1.54) is 0 Å². The van der Waals surface area contributed by atoms with Crippen LogP contribution in [0.4, 0.5) is 0 Å². The number of nitrogens with zero attached hydrogens (tertiary/aromatic N) is 4. The summed E-state index contributed by atoms with van der Waals surface area (Å²) in [5.41, 5.74) is 7.18. The molecule has 0 radical (unpaired) electrons. The molecule has 0 unspecified atom stereocenters. The Morgan fingerprint density at radius 2 is 0.683 bits per heavy atom. The van der Waals surface area contributed by atoms with Crippen LogP contribution in [0, 0.1) is 27.7 Å². The quantitative estimate of drug-likeness (QED) is 0.135. The summed E-state index contributed by atoms with van der Waals surface area (Å²) < 4.78 is 34.7. The number of benzene rings is 8. The lowest BCUT2D eigenvalue weighted by molar-refractivity contribution is 0.591. The van der Waals surface area contributed by atoms with Crippen LogP contribution in [0.25, 0.3) is 50.5 Å². The summed E-state index contributed by atoms with van der Waals surface area (Å²) in [4.78, 5) is 15.4. The second-order valence-electron chi connectivity index (χ2n) is 16.1. The highest BCUT2D eigenvalue weighted by Crippen LogP contribution is 2.48. The van der Waals surface area contributed by atoms with E-state index in [4.69, 9.17) is 15.0 Å². The third-order valence-corrected chi connectivity index (χ3v) is 18.9. The molecule has 0 atom stereocenters. The molecule has 0 saturated heterocycles. The number of aryl methyl sites for hydroxylation is 4. The second-order valence-corrected chi connectivity index (χ2v) is 21.5. The average molecular weight is 855 g/mol. The molecule has 63 heavy (non-hydrogen) atoms. The number of rotatable bonds is 9. The van der Waals surface area contributed by atoms with Crippen LogP contribution in [0.1, 0.15) is 22.3 Å². The lowest BCUT2D eigenvalue weighted by Crippen LogP contribution is -2.28. The van der Waals surface area contributed by atoms with E-state index in [0.29, 0.717) is 28.2 Å². The van der Waals surface area contributed by atoms with Gasteiger partial charge < -0.3 is 9.13 Å². The molecule has 0 amide bonds. The highest BCUT2D eigenvalue weighted by molar-refractivity contribution is 7.86. The molecule has 10 aromatic rings. The first-order valence-electron chi connectivity index (χ1n) is 21.1. The number of hydrogen-bond donors (Lipinski definition) is 0. The Kier molecular flexibility index (Phi) is 10.2. The predicted molar refractivity (Wildman–Crippen MR) is 263 cm³/mol. The highest BCUT2D eigenvalue weighted by Gasteiger charge is 2.35. The minimum atomic E-state index is -3.45. The van der Waals surface area contributed by atoms with E-state index in [1.54, 1.807) is 0 Å². The third-order valence-electron chi connectivity index (χ3n) is 12.2. The molecule has 0 N–H and O–H groups in total. The van der Waals surface area contributed by atoms with Gasteiger partial charge in [-0.2, -0.15) is 9.97 Å². The number of hydrogen-bond acceptors (Lipinski definition) is 5. The maximum absolute atomic E-state index is 16.3. The van der Waals surface area contributed by atoms with Crippen molar-refractivity contribution in [2.24, 2.45) is 0 Å². The lowest BCUT2D eigenvalue weighted by Gasteiger charge is -2.24. The molecule has 306 valence electrons. The summed E-state index contributed by atoms with van der Waals surface area (Å²) in [5, 5.41) is 6.28. The molecular weight excluding hydrogens is 811 g/mol. The first-order chi connectivity index (χ1) is 30.7. The highest BCUT2D eigenvalue weighted by atomic mass is 31.2. The molecule has 0 fully saturated rings. The third kappa shape index (κ3) is 6.78. The summed E-state index contributed by atoms with van der Waals surface area (Å²) >= 11 is 0. The van der Waals surface area contributed by atoms with Crippen molar-refractivity contribution in [2.45, 2.75) is 27.7 Å². The van der Waals surface area contributed by atoms with Gasteiger partial charge in [-0.3, -0.25) is 4.57 Å². The van der Waals surface area contributed by atoms with Gasteiger partial charge in [-0.25, -0.2) is 4.98 Å². The zero-order chi connectivity index (χ0) is 43.3. The van der Waals surface area contributed by atoms with Crippen molar-refractivity contribution in [3.8, 4) is 28.7 Å². The van der Waals surface area contributed by atoms with Crippen LogP contribution in [0.5, 0.6) is 0 Å². The topological polar surface area (TPSA) is 77.7 Å². The molecule has 6 nitrogen and oxygen atoms in total. The zero-order valence-corrected chi connectivity index (χ0v) is 37.3. The summed E-state index contributed by atoms with van der Waals surface area (Å²) in [7, 11) is -6.90. The molecule has 0 aliphatic carbocycles. The zero-order valence-electron chi connectivity index (χ0n) is 35.5. The molecule has 8 heteroatoms. The molecule has 10 rings (SSSR count). The van der Waals surface area contributed by atoms with Crippen LogP contribution in [0.3, 0.4) is 0 Å². The van der Waals surface area contributed by atoms with Gasteiger partial charge in [-0.15, -0.1) is 0 Å². The van der Waals surface area contributed by atoms with Gasteiger partial charge in [0.1, 0.15) is 0 Å². The fourth-order valence-corrected chi connectivity index (χ4v) is 15.3. The smallest absolute Gasteiger partial charge is 0.238 e. The molecule has 8 aromatic carbocycles. The maximum atomic E-state index is 16.3. The van der Waals surface area contributed by atoms with Crippen LogP contribution < -0.4 is 31.8 Å². The first kappa shape index (κ1) is 40.1. The SMILES string of the molecule is Cc1ccccc1P(=O)(c1ccc2c(c1)c1cc(P(=O)(c3ccccc3C)c3ccccc3C)ccc1n2-c1nc(-c2ccccc2)nc(-c2ccccc2)n1)c1ccccc1C. The van der Waals surface area contributed by atoms with Gasteiger partial charge in [0, 0.05) is 53.7 Å². The van der Waals surface area contributed by atoms with Crippen LogP contribution in [-0.4, -0.2) is 19.5 Å². The summed E-state index contributed by atoms with van der Waals surface area (Å²) in [6.07, 6.45) is 0. The van der Waals surface area contributed by atoms with Gasteiger partial charge in [0.25, 0.3) is 0 Å². The summed E-state index contributed by atoms with van der Waals surface area (Å²) in [6, 6.07) is 64.1. The number of fused-ring (bicyclic) bond motifs is 3. The fraction of sp³-hybridized carbons (Fsp3) is 0.0727. The molecular formula is C55H44N4O2P2. The van der Waals surface area contributed by atoms with E-state index in [1.807, 2.05) is 210 Å². The van der Waals surface area contributed by atoms with Crippen molar-refractivity contribution >= 4 is 67.9 Å². The van der Waals surface area contributed by atoms with Gasteiger partial charge in [0.05, 0.1) is 11.0 Å². The van der Waals surface area contributed by atoms with Crippen LogP contribution >= 0.6 is 14.3 Å². The minimum Gasteiger partial charge on any atom is -0.309 e. The Hall–Kier alpha value is -6.97. The Labute approximate surface area is 367 Å². The van der Waals surface area contributed by atoms with E-state index in [-0.39, 0.29) is 0 Å². The van der Waals surface area contributed by atoms with Crippen molar-refractivity contribution in [2.75, 3.05) is 0 Å². The standard InChI is InChI=1S/C55H44N4O2P2/c1-37-19-11-15-27-49(37)62(60,50-28-16-12-20-38(50)2)43-31-33-47-45(35-43)46-36-44(63(61,51-29-17-13-21-39(51)3)52-30-18-14-22-40(52)4)32-34-48(46)59(47)55-57-53(41-23-7-5-8-24-41)56-54(58-55)42-25-9-6-10-26-42/h5-36H,1-4H3. The van der Waals surface area contributed by atoms with E-state index < -0.39 is 14.3 Å². The number of aromatic nitrogens is 4. The Morgan fingerprint density at radius 3 is 1.02 bits per heavy atom. The van der Waals surface area contributed by atoms with Crippen LogP contribution in [0.15, 0.2) is 194 Å². The van der Waals surface area contributed by atoms with Crippen molar-refractivity contribution in [3.05, 3.63) is 216 Å². The average Bonchev–Trinajstić information content (AvgIpc) is 3.65. The van der Waals surface area contributed by atoms with Gasteiger partial charge in [-0.05, 0) is 86.3 Å². The normalized spacial score (nSPS) is 11.9. The van der Waals surface area contributed by atoms with E-state index in [9.17, 15) is 0 Å². The van der Waals surface area contributed by atoms with Gasteiger partial charge in [0.15, 0.2) is 25.9 Å². The van der Waals surface area contributed by atoms with Crippen molar-refractivity contribution in [3.63, 3.8) is 0 Å². The Bertz CT molecular complexity index is 3150. The van der Waals surface area contributed by atoms with Crippen LogP contribution in [-0.2, 0) is 9.13 Å². The van der Waals surface area contributed by atoms with E-state index >= 15 is 9.13 Å². The predicted octanol–water partition coefficient (Wildman–Crippen LogP) is 10.8. The fourth-order valence-electron chi connectivity index (χ4n) is 8.99. The summed E-state index contributed by atoms with van der Waals surface area (Å²) in [5.74, 6) is 1.51. The molecule has 0 spiro atoms. The second kappa shape index (κ2) is 16.1. The molecule has 0 bridgehead atoms. The molecule has 2 heterocycles. The molecule has 0 aliphatic heterocycles. The van der Waals surface area contributed by atoms with Gasteiger partial charge in [-0.1, -0.05) is 158 Å². The van der Waals surface area contributed by atoms with Crippen molar-refractivity contribution in [1.29, 1.82) is 0 Å².